The van der Waals surface area contributed by atoms with Crippen molar-refractivity contribution in [3.8, 4) is 22.7 Å². The standard InChI is InChI=1S/C22H19BrN6O2/c1-13-21(14(2)29(28-13)17-6-4-3-5-7-17)18-11-19(26-25-18)22(31)27-24-12-15-10-16(23)8-9-20(15)30/h3-12,30H,1-2H3,(H,25,26)(H,27,31)/b24-12-. The molecule has 31 heavy (non-hydrogen) atoms. The maximum Gasteiger partial charge on any atom is 0.289 e. The molecule has 0 aliphatic rings. The van der Waals surface area contributed by atoms with Gasteiger partial charge >= 0.3 is 0 Å². The molecule has 0 aliphatic carbocycles. The zero-order chi connectivity index (χ0) is 22.0. The van der Waals surface area contributed by atoms with E-state index in [0.29, 0.717) is 11.3 Å². The second-order valence-electron chi connectivity index (χ2n) is 6.86. The van der Waals surface area contributed by atoms with E-state index in [0.717, 1.165) is 27.1 Å². The Hall–Kier alpha value is -3.72. The predicted octanol–water partition coefficient (Wildman–Crippen LogP) is 4.11. The van der Waals surface area contributed by atoms with Crippen LogP contribution in [0.2, 0.25) is 0 Å². The lowest BCUT2D eigenvalue weighted by molar-refractivity contribution is 0.0950. The van der Waals surface area contributed by atoms with Crippen LogP contribution in [0.5, 0.6) is 5.75 Å². The number of rotatable bonds is 5. The van der Waals surface area contributed by atoms with Crippen molar-refractivity contribution in [3.05, 3.63) is 81.7 Å². The molecule has 0 spiro atoms. The van der Waals surface area contributed by atoms with Gasteiger partial charge in [-0.3, -0.25) is 9.89 Å². The first kappa shape index (κ1) is 20.5. The van der Waals surface area contributed by atoms with E-state index in [1.54, 1.807) is 18.2 Å². The lowest BCUT2D eigenvalue weighted by Crippen LogP contribution is -2.18. The van der Waals surface area contributed by atoms with E-state index in [1.165, 1.54) is 12.3 Å². The third-order valence-electron chi connectivity index (χ3n) is 4.73. The van der Waals surface area contributed by atoms with Crippen molar-refractivity contribution in [2.24, 2.45) is 5.10 Å². The molecule has 0 saturated carbocycles. The van der Waals surface area contributed by atoms with E-state index in [9.17, 15) is 9.90 Å². The van der Waals surface area contributed by atoms with Crippen LogP contribution in [0.1, 0.15) is 27.4 Å². The Morgan fingerprint density at radius 1 is 1.19 bits per heavy atom. The Balaban J connectivity index is 1.53. The molecule has 8 nitrogen and oxygen atoms in total. The van der Waals surface area contributed by atoms with E-state index in [4.69, 9.17) is 0 Å². The Labute approximate surface area is 186 Å². The summed E-state index contributed by atoms with van der Waals surface area (Å²) < 4.78 is 2.64. The van der Waals surface area contributed by atoms with Crippen molar-refractivity contribution in [1.82, 2.24) is 25.4 Å². The molecule has 0 aliphatic heterocycles. The van der Waals surface area contributed by atoms with Crippen LogP contribution in [-0.2, 0) is 0 Å². The molecule has 2 aromatic carbocycles. The Bertz CT molecular complexity index is 1280. The number of amides is 1. The van der Waals surface area contributed by atoms with E-state index >= 15 is 0 Å². The summed E-state index contributed by atoms with van der Waals surface area (Å²) in [6.07, 6.45) is 1.37. The van der Waals surface area contributed by atoms with Crippen LogP contribution < -0.4 is 5.43 Å². The highest BCUT2D eigenvalue weighted by atomic mass is 79.9. The summed E-state index contributed by atoms with van der Waals surface area (Å²) in [7, 11) is 0. The van der Waals surface area contributed by atoms with Crippen molar-refractivity contribution >= 4 is 28.1 Å². The first-order chi connectivity index (χ1) is 14.9. The van der Waals surface area contributed by atoms with E-state index < -0.39 is 5.91 Å². The second kappa shape index (κ2) is 8.57. The minimum atomic E-state index is -0.449. The fourth-order valence-electron chi connectivity index (χ4n) is 3.25. The highest BCUT2D eigenvalue weighted by Gasteiger charge is 2.18. The molecule has 9 heteroatoms. The van der Waals surface area contributed by atoms with Gasteiger partial charge in [-0.05, 0) is 50.2 Å². The van der Waals surface area contributed by atoms with Gasteiger partial charge in [-0.1, -0.05) is 34.1 Å². The van der Waals surface area contributed by atoms with Gasteiger partial charge in [0, 0.05) is 15.6 Å². The smallest absolute Gasteiger partial charge is 0.289 e. The molecule has 2 heterocycles. The average molecular weight is 479 g/mol. The number of nitrogens with zero attached hydrogens (tertiary/aromatic N) is 4. The fraction of sp³-hybridized carbons (Fsp3) is 0.0909. The monoisotopic (exact) mass is 478 g/mol. The number of hydrogen-bond donors (Lipinski definition) is 3. The second-order valence-corrected chi connectivity index (χ2v) is 7.78. The molecule has 3 N–H and O–H groups in total. The van der Waals surface area contributed by atoms with Crippen LogP contribution in [-0.4, -0.2) is 37.2 Å². The van der Waals surface area contributed by atoms with Crippen molar-refractivity contribution < 1.29 is 9.90 Å². The van der Waals surface area contributed by atoms with Crippen LogP contribution >= 0.6 is 15.9 Å². The molecule has 0 saturated heterocycles. The quantitative estimate of drug-likeness (QED) is 0.296. The number of hydrazone groups is 1. The van der Waals surface area contributed by atoms with E-state index in [-0.39, 0.29) is 11.4 Å². The molecule has 2 aromatic heterocycles. The molecular weight excluding hydrogens is 460 g/mol. The summed E-state index contributed by atoms with van der Waals surface area (Å²) in [4.78, 5) is 12.4. The Morgan fingerprint density at radius 2 is 1.97 bits per heavy atom. The molecule has 4 rings (SSSR count). The number of halogens is 1. The fourth-order valence-corrected chi connectivity index (χ4v) is 3.63. The van der Waals surface area contributed by atoms with Crippen molar-refractivity contribution in [1.29, 1.82) is 0 Å². The summed E-state index contributed by atoms with van der Waals surface area (Å²) in [5.74, 6) is -0.387. The highest BCUT2D eigenvalue weighted by Crippen LogP contribution is 2.27. The minimum absolute atomic E-state index is 0.0615. The Kier molecular flexibility index (Phi) is 5.68. The number of nitrogens with one attached hydrogen (secondary N) is 2. The van der Waals surface area contributed by atoms with Gasteiger partial charge in [0.25, 0.3) is 5.91 Å². The average Bonchev–Trinajstić information content (AvgIpc) is 3.35. The third-order valence-corrected chi connectivity index (χ3v) is 5.22. The van der Waals surface area contributed by atoms with Crippen LogP contribution in [0.4, 0.5) is 0 Å². The number of aromatic hydroxyl groups is 1. The van der Waals surface area contributed by atoms with Gasteiger partial charge in [0.2, 0.25) is 0 Å². The summed E-state index contributed by atoms with van der Waals surface area (Å²) in [6.45, 7) is 3.87. The number of phenolic OH excluding ortho intramolecular Hbond substituents is 1. The zero-order valence-electron chi connectivity index (χ0n) is 16.8. The normalized spacial score (nSPS) is 11.2. The van der Waals surface area contributed by atoms with Gasteiger partial charge in [-0.25, -0.2) is 10.1 Å². The maximum absolute atomic E-state index is 12.4. The first-order valence-corrected chi connectivity index (χ1v) is 10.2. The number of carbonyl (C=O) groups excluding carboxylic acids is 1. The summed E-state index contributed by atoms with van der Waals surface area (Å²) >= 11 is 3.33. The molecule has 0 bridgehead atoms. The van der Waals surface area contributed by atoms with E-state index in [2.05, 4.69) is 41.8 Å². The molecular formula is C22H19BrN6O2. The third kappa shape index (κ3) is 4.26. The van der Waals surface area contributed by atoms with E-state index in [1.807, 2.05) is 48.9 Å². The molecule has 4 aromatic rings. The van der Waals surface area contributed by atoms with Crippen molar-refractivity contribution in [3.63, 3.8) is 0 Å². The number of hydrogen-bond acceptors (Lipinski definition) is 5. The number of para-hydroxylation sites is 1. The number of benzene rings is 2. The summed E-state index contributed by atoms with van der Waals surface area (Å²) in [6, 6.07) is 16.4. The molecule has 1 amide bonds. The number of aromatic amines is 1. The minimum Gasteiger partial charge on any atom is -0.507 e. The Morgan fingerprint density at radius 3 is 2.74 bits per heavy atom. The van der Waals surface area contributed by atoms with Crippen LogP contribution in [0.25, 0.3) is 16.9 Å². The lowest BCUT2D eigenvalue weighted by Gasteiger charge is -2.04. The maximum atomic E-state index is 12.4. The molecule has 0 unspecified atom stereocenters. The first-order valence-electron chi connectivity index (χ1n) is 9.43. The molecule has 0 atom stereocenters. The van der Waals surface area contributed by atoms with Gasteiger partial charge in [0.05, 0.1) is 29.0 Å². The summed E-state index contributed by atoms with van der Waals surface area (Å²) in [5, 5.41) is 25.4. The molecule has 0 radical (unpaired) electrons. The number of phenols is 1. The number of H-pyrrole nitrogens is 1. The molecule has 0 fully saturated rings. The number of carbonyl (C=O) groups is 1. The van der Waals surface area contributed by atoms with Gasteiger partial charge in [-0.2, -0.15) is 15.3 Å². The number of aryl methyl sites for hydroxylation is 1. The highest BCUT2D eigenvalue weighted by molar-refractivity contribution is 9.10. The van der Waals surface area contributed by atoms with Gasteiger partial charge < -0.3 is 5.11 Å². The zero-order valence-corrected chi connectivity index (χ0v) is 18.4. The van der Waals surface area contributed by atoms with Crippen LogP contribution in [0, 0.1) is 13.8 Å². The van der Waals surface area contributed by atoms with Gasteiger partial charge in [0.1, 0.15) is 11.4 Å². The SMILES string of the molecule is Cc1nn(-c2ccccc2)c(C)c1-c1cc(C(=O)N/N=C\c2cc(Br)ccc2O)[nH]n1. The van der Waals surface area contributed by atoms with Crippen LogP contribution in [0.15, 0.2) is 64.2 Å². The van der Waals surface area contributed by atoms with Crippen molar-refractivity contribution in [2.45, 2.75) is 13.8 Å². The van der Waals surface area contributed by atoms with Crippen LogP contribution in [0.3, 0.4) is 0 Å². The summed E-state index contributed by atoms with van der Waals surface area (Å²) in [5.41, 5.74) is 7.33. The van der Waals surface area contributed by atoms with Gasteiger partial charge in [0.15, 0.2) is 0 Å². The van der Waals surface area contributed by atoms with Crippen molar-refractivity contribution in [2.75, 3.05) is 0 Å². The topological polar surface area (TPSA) is 108 Å². The van der Waals surface area contributed by atoms with Gasteiger partial charge in [-0.15, -0.1) is 0 Å². The molecule has 156 valence electrons. The largest absolute Gasteiger partial charge is 0.507 e. The lowest BCUT2D eigenvalue weighted by atomic mass is 10.1. The number of aromatic nitrogens is 4. The predicted molar refractivity (Wildman–Crippen MR) is 121 cm³/mol.